The number of anilines is 1. The molecule has 2 aromatic rings. The number of aryl methyl sites for hydroxylation is 1. The first-order valence-electron chi connectivity index (χ1n) is 6.86. The molecule has 1 unspecified atom stereocenters. The largest absolute Gasteiger partial charge is 0.387 e. The highest BCUT2D eigenvalue weighted by molar-refractivity contribution is 6.31. The van der Waals surface area contributed by atoms with Crippen molar-refractivity contribution in [2.24, 2.45) is 0 Å². The van der Waals surface area contributed by atoms with Crippen molar-refractivity contribution in [2.45, 2.75) is 19.9 Å². The molecule has 0 heterocycles. The van der Waals surface area contributed by atoms with Gasteiger partial charge in [0.25, 0.3) is 5.91 Å². The van der Waals surface area contributed by atoms with Crippen LogP contribution in [0, 0.1) is 6.92 Å². The van der Waals surface area contributed by atoms with Crippen LogP contribution >= 0.6 is 11.6 Å². The van der Waals surface area contributed by atoms with Crippen molar-refractivity contribution in [1.29, 1.82) is 0 Å². The van der Waals surface area contributed by atoms with Gasteiger partial charge in [-0.3, -0.25) is 4.79 Å². The Morgan fingerprint density at radius 1 is 1.19 bits per heavy atom. The van der Waals surface area contributed by atoms with Crippen LogP contribution < -0.4 is 10.6 Å². The van der Waals surface area contributed by atoms with Gasteiger partial charge < -0.3 is 10.6 Å². The summed E-state index contributed by atoms with van der Waals surface area (Å²) in [5.74, 6) is -0.141. The summed E-state index contributed by atoms with van der Waals surface area (Å²) in [4.78, 5) is 12.5. The van der Waals surface area contributed by atoms with Gasteiger partial charge in [0.05, 0.1) is 11.6 Å². The molecule has 1 atom stereocenters. The van der Waals surface area contributed by atoms with Gasteiger partial charge >= 0.3 is 0 Å². The van der Waals surface area contributed by atoms with E-state index in [0.29, 0.717) is 10.6 Å². The molecule has 0 aliphatic carbocycles. The molecule has 110 valence electrons. The van der Waals surface area contributed by atoms with Crippen molar-refractivity contribution in [2.75, 3.05) is 12.4 Å². The molecule has 0 fully saturated rings. The van der Waals surface area contributed by atoms with Crippen LogP contribution in [0.1, 0.15) is 34.5 Å². The van der Waals surface area contributed by atoms with E-state index in [0.717, 1.165) is 16.8 Å². The minimum atomic E-state index is -0.141. The summed E-state index contributed by atoms with van der Waals surface area (Å²) in [5, 5.41) is 6.57. The van der Waals surface area contributed by atoms with Gasteiger partial charge in [-0.05, 0) is 43.2 Å². The molecule has 0 aliphatic rings. The van der Waals surface area contributed by atoms with Crippen molar-refractivity contribution in [3.63, 3.8) is 0 Å². The fourth-order valence-electron chi connectivity index (χ4n) is 2.35. The predicted molar refractivity (Wildman–Crippen MR) is 88.1 cm³/mol. The van der Waals surface area contributed by atoms with Gasteiger partial charge in [-0.1, -0.05) is 35.9 Å². The molecular formula is C17H19ClN2O. The third-order valence-corrected chi connectivity index (χ3v) is 3.73. The summed E-state index contributed by atoms with van der Waals surface area (Å²) in [5.41, 5.74) is 3.57. The normalized spacial score (nSPS) is 11.8. The van der Waals surface area contributed by atoms with E-state index in [-0.39, 0.29) is 11.9 Å². The molecule has 4 heteroatoms. The van der Waals surface area contributed by atoms with E-state index in [1.807, 2.05) is 38.1 Å². The summed E-state index contributed by atoms with van der Waals surface area (Å²) in [6.07, 6.45) is 0. The highest BCUT2D eigenvalue weighted by Gasteiger charge is 2.15. The van der Waals surface area contributed by atoms with Crippen molar-refractivity contribution in [3.05, 3.63) is 64.2 Å². The number of nitrogens with one attached hydrogen (secondary N) is 2. The lowest BCUT2D eigenvalue weighted by molar-refractivity contribution is 0.0940. The number of hydrogen-bond donors (Lipinski definition) is 2. The van der Waals surface area contributed by atoms with Gasteiger partial charge in [0.2, 0.25) is 0 Å². The molecule has 21 heavy (non-hydrogen) atoms. The van der Waals surface area contributed by atoms with Gasteiger partial charge in [-0.25, -0.2) is 0 Å². The Balaban J connectivity index is 2.22. The van der Waals surface area contributed by atoms with Crippen LogP contribution in [-0.2, 0) is 0 Å². The Morgan fingerprint density at radius 2 is 1.90 bits per heavy atom. The first kappa shape index (κ1) is 15.4. The second kappa shape index (κ2) is 6.64. The van der Waals surface area contributed by atoms with E-state index >= 15 is 0 Å². The fraction of sp³-hybridized carbons (Fsp3) is 0.235. The summed E-state index contributed by atoms with van der Waals surface area (Å²) >= 11 is 5.99. The summed E-state index contributed by atoms with van der Waals surface area (Å²) < 4.78 is 0. The molecule has 3 nitrogen and oxygen atoms in total. The average molecular weight is 303 g/mol. The summed E-state index contributed by atoms with van der Waals surface area (Å²) in [6, 6.07) is 13.2. The lowest BCUT2D eigenvalue weighted by Crippen LogP contribution is -2.27. The molecule has 0 spiro atoms. The van der Waals surface area contributed by atoms with E-state index in [1.165, 1.54) is 0 Å². The smallest absolute Gasteiger partial charge is 0.253 e. The number of hydrogen-bond acceptors (Lipinski definition) is 2. The highest BCUT2D eigenvalue weighted by atomic mass is 35.5. The van der Waals surface area contributed by atoms with E-state index in [2.05, 4.69) is 10.6 Å². The van der Waals surface area contributed by atoms with Crippen LogP contribution in [0.2, 0.25) is 5.02 Å². The Bertz CT molecular complexity index is 655. The number of amides is 1. The van der Waals surface area contributed by atoms with E-state index < -0.39 is 0 Å². The number of carbonyl (C=O) groups is 1. The van der Waals surface area contributed by atoms with Crippen molar-refractivity contribution in [3.8, 4) is 0 Å². The SMILES string of the molecule is CNc1ccc(Cl)cc1C(=O)NC(C)c1ccccc1C. The molecule has 0 saturated heterocycles. The number of carbonyl (C=O) groups excluding carboxylic acids is 1. The fourth-order valence-corrected chi connectivity index (χ4v) is 2.52. The van der Waals surface area contributed by atoms with E-state index in [1.54, 1.807) is 25.2 Å². The van der Waals surface area contributed by atoms with Gasteiger partial charge in [0.1, 0.15) is 0 Å². The van der Waals surface area contributed by atoms with Crippen LogP contribution in [0.3, 0.4) is 0 Å². The molecule has 2 rings (SSSR count). The van der Waals surface area contributed by atoms with Crippen LogP contribution in [-0.4, -0.2) is 13.0 Å². The summed E-state index contributed by atoms with van der Waals surface area (Å²) in [6.45, 7) is 4.01. The molecular weight excluding hydrogens is 284 g/mol. The van der Waals surface area contributed by atoms with Crippen molar-refractivity contribution in [1.82, 2.24) is 5.32 Å². The Morgan fingerprint density at radius 3 is 2.57 bits per heavy atom. The molecule has 0 bridgehead atoms. The zero-order valence-electron chi connectivity index (χ0n) is 12.4. The zero-order chi connectivity index (χ0) is 15.4. The van der Waals surface area contributed by atoms with Gasteiger partial charge in [0, 0.05) is 17.8 Å². The number of rotatable bonds is 4. The number of benzene rings is 2. The van der Waals surface area contributed by atoms with Crippen LogP contribution in [0.25, 0.3) is 0 Å². The Kier molecular flexibility index (Phi) is 4.86. The minimum Gasteiger partial charge on any atom is -0.387 e. The molecule has 1 amide bonds. The molecule has 0 aromatic heterocycles. The Labute approximate surface area is 130 Å². The Hall–Kier alpha value is -2.00. The van der Waals surface area contributed by atoms with E-state index in [4.69, 9.17) is 11.6 Å². The first-order valence-corrected chi connectivity index (χ1v) is 7.24. The maximum Gasteiger partial charge on any atom is 0.253 e. The highest BCUT2D eigenvalue weighted by Crippen LogP contribution is 2.22. The minimum absolute atomic E-state index is 0.0672. The van der Waals surface area contributed by atoms with Gasteiger partial charge in [0.15, 0.2) is 0 Å². The third-order valence-electron chi connectivity index (χ3n) is 3.50. The van der Waals surface area contributed by atoms with E-state index in [9.17, 15) is 4.79 Å². The van der Waals surface area contributed by atoms with Crippen LogP contribution in [0.4, 0.5) is 5.69 Å². The molecule has 2 N–H and O–H groups in total. The maximum absolute atomic E-state index is 12.5. The predicted octanol–water partition coefficient (Wildman–Crippen LogP) is 4.18. The summed E-state index contributed by atoms with van der Waals surface area (Å²) in [7, 11) is 1.78. The van der Waals surface area contributed by atoms with Crippen LogP contribution in [0.5, 0.6) is 0 Å². The van der Waals surface area contributed by atoms with Gasteiger partial charge in [-0.2, -0.15) is 0 Å². The molecule has 0 saturated carbocycles. The first-order chi connectivity index (χ1) is 10.0. The third kappa shape index (κ3) is 3.56. The lowest BCUT2D eigenvalue weighted by Gasteiger charge is -2.18. The molecule has 0 aliphatic heterocycles. The topological polar surface area (TPSA) is 41.1 Å². The monoisotopic (exact) mass is 302 g/mol. The van der Waals surface area contributed by atoms with Crippen LogP contribution in [0.15, 0.2) is 42.5 Å². The molecule has 0 radical (unpaired) electrons. The second-order valence-corrected chi connectivity index (χ2v) is 5.43. The second-order valence-electron chi connectivity index (χ2n) is 4.99. The van der Waals surface area contributed by atoms with Crippen molar-refractivity contribution >= 4 is 23.2 Å². The maximum atomic E-state index is 12.5. The zero-order valence-corrected chi connectivity index (χ0v) is 13.2. The van der Waals surface area contributed by atoms with Crippen molar-refractivity contribution < 1.29 is 4.79 Å². The average Bonchev–Trinajstić information content (AvgIpc) is 2.47. The standard InChI is InChI=1S/C17H19ClN2O/c1-11-6-4-5-7-14(11)12(2)20-17(21)15-10-13(18)8-9-16(15)19-3/h4-10,12,19H,1-3H3,(H,20,21). The lowest BCUT2D eigenvalue weighted by atomic mass is 10.0. The van der Waals surface area contributed by atoms with Gasteiger partial charge in [-0.15, -0.1) is 0 Å². The quantitative estimate of drug-likeness (QED) is 0.889. The number of halogens is 1. The molecule has 2 aromatic carbocycles.